The van der Waals surface area contributed by atoms with Gasteiger partial charge in [-0.05, 0) is 30.7 Å². The standard InChI is InChI=1S/C20H22F3IN6O2/c1-11(12-6-13(20(21,22)23)8-14(25)7-12)26-17-15-9-30(10-16(15)27-18(24)28-17)19(31)29-2-4-32-5-3-29/h6-8,11H,2-5,9-10,25H2,1H3,(H,26,27,28)/t11-/m1/s1. The first kappa shape index (κ1) is 22.8. The first-order valence-electron chi connectivity index (χ1n) is 10.0. The van der Waals surface area contributed by atoms with Gasteiger partial charge in [-0.1, -0.05) is 0 Å². The summed E-state index contributed by atoms with van der Waals surface area (Å²) in [6.07, 6.45) is -4.49. The van der Waals surface area contributed by atoms with Gasteiger partial charge in [0, 0.05) is 46.9 Å². The molecule has 2 aliphatic rings. The summed E-state index contributed by atoms with van der Waals surface area (Å²) in [6, 6.07) is 2.91. The largest absolute Gasteiger partial charge is 0.416 e. The van der Waals surface area contributed by atoms with Crippen molar-refractivity contribution in [2.24, 2.45) is 0 Å². The highest BCUT2D eigenvalue weighted by atomic mass is 127. The molecule has 32 heavy (non-hydrogen) atoms. The SMILES string of the molecule is C[C@@H](Nc1nc(I)nc2c1CN(C(=O)N1CCOCC1)C2)c1cc(N)cc(C(F)(F)F)c1. The topological polar surface area (TPSA) is 96.6 Å². The Bertz CT molecular complexity index is 1030. The Balaban J connectivity index is 1.56. The number of morpholine rings is 1. The van der Waals surface area contributed by atoms with E-state index >= 15 is 0 Å². The van der Waals surface area contributed by atoms with Crippen molar-refractivity contribution in [3.05, 3.63) is 44.4 Å². The minimum atomic E-state index is -4.49. The molecule has 2 aromatic rings. The number of amides is 2. The summed E-state index contributed by atoms with van der Waals surface area (Å²) in [7, 11) is 0. The summed E-state index contributed by atoms with van der Waals surface area (Å²) < 4.78 is 45.4. The van der Waals surface area contributed by atoms with Crippen molar-refractivity contribution >= 4 is 40.1 Å². The lowest BCUT2D eigenvalue weighted by molar-refractivity contribution is -0.137. The van der Waals surface area contributed by atoms with Gasteiger partial charge < -0.3 is 25.6 Å². The van der Waals surface area contributed by atoms with E-state index in [4.69, 9.17) is 10.5 Å². The van der Waals surface area contributed by atoms with Crippen LogP contribution in [0.5, 0.6) is 0 Å². The summed E-state index contributed by atoms with van der Waals surface area (Å²) in [6.45, 7) is 4.50. The van der Waals surface area contributed by atoms with E-state index in [1.54, 1.807) is 16.7 Å². The van der Waals surface area contributed by atoms with Crippen LogP contribution in [0, 0.1) is 3.83 Å². The molecule has 0 bridgehead atoms. The summed E-state index contributed by atoms with van der Waals surface area (Å²) in [4.78, 5) is 25.2. The number of aromatic nitrogens is 2. The average Bonchev–Trinajstić information content (AvgIpc) is 3.17. The predicted octanol–water partition coefficient (Wildman–Crippen LogP) is 3.62. The van der Waals surface area contributed by atoms with E-state index in [1.807, 2.05) is 22.6 Å². The van der Waals surface area contributed by atoms with Crippen LogP contribution in [-0.2, 0) is 24.0 Å². The number of nitrogens with one attached hydrogen (secondary N) is 1. The molecule has 1 saturated heterocycles. The van der Waals surface area contributed by atoms with E-state index in [0.29, 0.717) is 54.6 Å². The molecule has 4 rings (SSSR count). The van der Waals surface area contributed by atoms with Crippen molar-refractivity contribution < 1.29 is 22.7 Å². The third-order valence-corrected chi connectivity index (χ3v) is 5.95. The smallest absolute Gasteiger partial charge is 0.399 e. The van der Waals surface area contributed by atoms with E-state index in [1.165, 1.54) is 6.07 Å². The quantitative estimate of drug-likeness (QED) is 0.337. The van der Waals surface area contributed by atoms with Crippen molar-refractivity contribution in [3.63, 3.8) is 0 Å². The number of alkyl halides is 3. The highest BCUT2D eigenvalue weighted by Gasteiger charge is 2.33. The Kier molecular flexibility index (Phi) is 6.34. The van der Waals surface area contributed by atoms with Crippen LogP contribution in [0.4, 0.5) is 29.5 Å². The number of carbonyl (C=O) groups is 1. The van der Waals surface area contributed by atoms with E-state index < -0.39 is 17.8 Å². The number of ether oxygens (including phenoxy) is 1. The molecule has 0 radical (unpaired) electrons. The average molecular weight is 562 g/mol. The molecule has 3 heterocycles. The zero-order valence-corrected chi connectivity index (χ0v) is 19.4. The van der Waals surface area contributed by atoms with Crippen LogP contribution in [0.3, 0.4) is 0 Å². The number of rotatable bonds is 3. The van der Waals surface area contributed by atoms with Gasteiger partial charge >= 0.3 is 12.2 Å². The third-order valence-electron chi connectivity index (χ3n) is 5.47. The highest BCUT2D eigenvalue weighted by molar-refractivity contribution is 14.1. The number of carbonyl (C=O) groups excluding carboxylic acids is 1. The molecule has 3 N–H and O–H groups in total. The second kappa shape index (κ2) is 8.89. The van der Waals surface area contributed by atoms with Gasteiger partial charge in [-0.15, -0.1) is 0 Å². The van der Waals surface area contributed by atoms with Gasteiger partial charge in [0.2, 0.25) is 0 Å². The molecule has 0 spiro atoms. The maximum absolute atomic E-state index is 13.2. The molecule has 172 valence electrons. The molecule has 2 amide bonds. The zero-order chi connectivity index (χ0) is 23.0. The normalized spacial score (nSPS) is 17.3. The molecule has 0 unspecified atom stereocenters. The Labute approximate surface area is 196 Å². The summed E-state index contributed by atoms with van der Waals surface area (Å²) in [5.74, 6) is 0.500. The van der Waals surface area contributed by atoms with Crippen molar-refractivity contribution in [2.75, 3.05) is 37.4 Å². The number of fused-ring (bicyclic) bond motifs is 1. The number of hydrogen-bond donors (Lipinski definition) is 2. The second-order valence-corrected chi connectivity index (χ2v) is 8.72. The van der Waals surface area contributed by atoms with E-state index in [2.05, 4.69) is 15.3 Å². The van der Waals surface area contributed by atoms with E-state index in [-0.39, 0.29) is 11.7 Å². The minimum absolute atomic E-state index is 0.0354. The lowest BCUT2D eigenvalue weighted by atomic mass is 10.0. The number of nitrogen functional groups attached to an aromatic ring is 1. The lowest BCUT2D eigenvalue weighted by Crippen LogP contribution is -2.46. The van der Waals surface area contributed by atoms with Crippen molar-refractivity contribution in [1.29, 1.82) is 0 Å². The monoisotopic (exact) mass is 562 g/mol. The van der Waals surface area contributed by atoms with E-state index in [0.717, 1.165) is 23.4 Å². The van der Waals surface area contributed by atoms with Crippen LogP contribution < -0.4 is 11.1 Å². The fourth-order valence-corrected chi connectivity index (χ4v) is 4.35. The summed E-state index contributed by atoms with van der Waals surface area (Å²) >= 11 is 1.99. The Hall–Kier alpha value is -2.35. The molecule has 12 heteroatoms. The molecule has 1 aromatic carbocycles. The van der Waals surface area contributed by atoms with Gasteiger partial charge in [0.05, 0.1) is 43.6 Å². The van der Waals surface area contributed by atoms with Gasteiger partial charge in [-0.2, -0.15) is 13.2 Å². The van der Waals surface area contributed by atoms with Gasteiger partial charge in [-0.25, -0.2) is 14.8 Å². The van der Waals surface area contributed by atoms with Gasteiger partial charge in [-0.3, -0.25) is 0 Å². The van der Waals surface area contributed by atoms with Crippen molar-refractivity contribution in [3.8, 4) is 0 Å². The third kappa shape index (κ3) is 4.85. The Morgan fingerprint density at radius 2 is 1.91 bits per heavy atom. The molecule has 1 fully saturated rings. The Morgan fingerprint density at radius 3 is 2.59 bits per heavy atom. The van der Waals surface area contributed by atoms with Crippen LogP contribution in [-0.4, -0.2) is 52.1 Å². The fraction of sp³-hybridized carbons (Fsp3) is 0.450. The minimum Gasteiger partial charge on any atom is -0.399 e. The molecular weight excluding hydrogens is 540 g/mol. The van der Waals surface area contributed by atoms with Crippen LogP contribution in [0.25, 0.3) is 0 Å². The number of urea groups is 1. The molecule has 0 saturated carbocycles. The summed E-state index contributed by atoms with van der Waals surface area (Å²) in [5.41, 5.74) is 6.82. The molecular formula is C20H22F3IN6O2. The second-order valence-electron chi connectivity index (χ2n) is 7.76. The predicted molar refractivity (Wildman–Crippen MR) is 120 cm³/mol. The van der Waals surface area contributed by atoms with Crippen LogP contribution in [0.2, 0.25) is 0 Å². The maximum atomic E-state index is 13.2. The number of halogens is 4. The zero-order valence-electron chi connectivity index (χ0n) is 17.2. The van der Waals surface area contributed by atoms with Crippen LogP contribution in [0.1, 0.15) is 35.3 Å². The molecule has 1 aromatic heterocycles. The highest BCUT2D eigenvalue weighted by Crippen LogP contribution is 2.34. The summed E-state index contributed by atoms with van der Waals surface area (Å²) in [5, 5.41) is 3.19. The van der Waals surface area contributed by atoms with Crippen molar-refractivity contribution in [1.82, 2.24) is 19.8 Å². The number of anilines is 2. The van der Waals surface area contributed by atoms with Crippen molar-refractivity contribution in [2.45, 2.75) is 32.2 Å². The maximum Gasteiger partial charge on any atom is 0.416 e. The van der Waals surface area contributed by atoms with Gasteiger partial charge in [0.1, 0.15) is 5.82 Å². The molecule has 1 atom stereocenters. The fourth-order valence-electron chi connectivity index (χ4n) is 3.81. The first-order chi connectivity index (χ1) is 15.1. The number of hydrogen-bond acceptors (Lipinski definition) is 6. The molecule has 0 aliphatic carbocycles. The van der Waals surface area contributed by atoms with Crippen LogP contribution in [0.15, 0.2) is 18.2 Å². The lowest BCUT2D eigenvalue weighted by Gasteiger charge is -2.30. The number of nitrogens with zero attached hydrogens (tertiary/aromatic N) is 4. The number of nitrogens with two attached hydrogens (primary N) is 1. The van der Waals surface area contributed by atoms with Gasteiger partial charge in [0.15, 0.2) is 3.83 Å². The van der Waals surface area contributed by atoms with Gasteiger partial charge in [0.25, 0.3) is 0 Å². The van der Waals surface area contributed by atoms with Crippen LogP contribution >= 0.6 is 22.6 Å². The molecule has 8 nitrogen and oxygen atoms in total. The van der Waals surface area contributed by atoms with E-state index in [9.17, 15) is 18.0 Å². The number of benzene rings is 1. The Morgan fingerprint density at radius 1 is 1.19 bits per heavy atom. The molecule has 2 aliphatic heterocycles. The first-order valence-corrected chi connectivity index (χ1v) is 11.1.